The quantitative estimate of drug-likeness (QED) is 0.695. The Bertz CT molecular complexity index is 147. The van der Waals surface area contributed by atoms with Gasteiger partial charge in [-0.05, 0) is 32.7 Å². The smallest absolute Gasteiger partial charge is 0.163 e. The number of ether oxygens (including phenoxy) is 2. The summed E-state index contributed by atoms with van der Waals surface area (Å²) in [4.78, 5) is 0. The first-order valence-electron chi connectivity index (χ1n) is 4.55. The van der Waals surface area contributed by atoms with E-state index >= 15 is 0 Å². The van der Waals surface area contributed by atoms with Crippen LogP contribution in [0.25, 0.3) is 0 Å². The van der Waals surface area contributed by atoms with Gasteiger partial charge >= 0.3 is 0 Å². The molecular weight excluding hydrogens is 154 g/mol. The molecule has 0 bridgehead atoms. The fourth-order valence-electron chi connectivity index (χ4n) is 1.42. The Labute approximate surface area is 74.2 Å². The van der Waals surface area contributed by atoms with Gasteiger partial charge in [0, 0.05) is 0 Å². The van der Waals surface area contributed by atoms with E-state index < -0.39 is 0 Å². The summed E-state index contributed by atoms with van der Waals surface area (Å²) in [6.07, 6.45) is 1.23. The maximum atomic E-state index is 5.64. The van der Waals surface area contributed by atoms with E-state index in [1.807, 2.05) is 13.8 Å². The topological polar surface area (TPSA) is 44.5 Å². The van der Waals surface area contributed by atoms with Crippen molar-refractivity contribution >= 4 is 0 Å². The number of nitrogens with two attached hydrogens (primary N) is 1. The second-order valence-corrected chi connectivity index (χ2v) is 4.03. The van der Waals surface area contributed by atoms with Crippen molar-refractivity contribution in [3.05, 3.63) is 0 Å². The van der Waals surface area contributed by atoms with E-state index in [4.69, 9.17) is 15.2 Å². The zero-order chi connectivity index (χ0) is 9.19. The van der Waals surface area contributed by atoms with Crippen LogP contribution in [0.15, 0.2) is 0 Å². The molecule has 2 N–H and O–H groups in total. The van der Waals surface area contributed by atoms with E-state index in [0.717, 1.165) is 13.0 Å². The molecule has 0 aliphatic carbocycles. The van der Waals surface area contributed by atoms with Gasteiger partial charge in [-0.3, -0.25) is 0 Å². The van der Waals surface area contributed by atoms with Crippen LogP contribution in [0.5, 0.6) is 0 Å². The third kappa shape index (κ3) is 2.73. The van der Waals surface area contributed by atoms with Gasteiger partial charge in [0.2, 0.25) is 0 Å². The molecule has 0 aromatic carbocycles. The first-order valence-corrected chi connectivity index (χ1v) is 4.55. The van der Waals surface area contributed by atoms with Gasteiger partial charge in [0.1, 0.15) is 0 Å². The summed E-state index contributed by atoms with van der Waals surface area (Å²) in [5, 5.41) is 0. The van der Waals surface area contributed by atoms with Gasteiger partial charge in [0.15, 0.2) is 5.79 Å². The van der Waals surface area contributed by atoms with Crippen LogP contribution in [-0.4, -0.2) is 25.0 Å². The molecule has 1 rings (SSSR count). The molecule has 3 heteroatoms. The Morgan fingerprint density at radius 3 is 2.67 bits per heavy atom. The van der Waals surface area contributed by atoms with E-state index in [9.17, 15) is 0 Å². The third-order valence-electron chi connectivity index (χ3n) is 2.13. The molecule has 1 aliphatic heterocycles. The Morgan fingerprint density at radius 2 is 2.25 bits per heavy atom. The van der Waals surface area contributed by atoms with Gasteiger partial charge < -0.3 is 15.2 Å². The molecule has 0 amide bonds. The molecule has 72 valence electrons. The maximum Gasteiger partial charge on any atom is 0.163 e. The standard InChI is InChI=1S/C9H19NO2/c1-7(5-10)4-8-6-11-9(2,3)12-8/h7-8H,4-6,10H2,1-3H3. The van der Waals surface area contributed by atoms with Gasteiger partial charge in [-0.2, -0.15) is 0 Å². The predicted molar refractivity (Wildman–Crippen MR) is 47.7 cm³/mol. The highest BCUT2D eigenvalue weighted by Crippen LogP contribution is 2.25. The fraction of sp³-hybridized carbons (Fsp3) is 1.00. The van der Waals surface area contributed by atoms with E-state index in [-0.39, 0.29) is 11.9 Å². The second-order valence-electron chi connectivity index (χ2n) is 4.03. The van der Waals surface area contributed by atoms with Crippen molar-refractivity contribution in [3.8, 4) is 0 Å². The van der Waals surface area contributed by atoms with Crippen LogP contribution in [0, 0.1) is 5.92 Å². The summed E-state index contributed by atoms with van der Waals surface area (Å²) in [5.41, 5.74) is 5.52. The minimum absolute atomic E-state index is 0.235. The van der Waals surface area contributed by atoms with Gasteiger partial charge in [-0.15, -0.1) is 0 Å². The second kappa shape index (κ2) is 3.73. The van der Waals surface area contributed by atoms with Crippen molar-refractivity contribution in [1.29, 1.82) is 0 Å². The van der Waals surface area contributed by atoms with E-state index in [0.29, 0.717) is 12.5 Å². The van der Waals surface area contributed by atoms with E-state index in [2.05, 4.69) is 6.92 Å². The lowest BCUT2D eigenvalue weighted by molar-refractivity contribution is -0.139. The fourth-order valence-corrected chi connectivity index (χ4v) is 1.42. The van der Waals surface area contributed by atoms with Crippen LogP contribution >= 0.6 is 0 Å². The average Bonchev–Trinajstić information content (AvgIpc) is 2.30. The van der Waals surface area contributed by atoms with Crippen molar-refractivity contribution in [2.24, 2.45) is 11.7 Å². The summed E-state index contributed by atoms with van der Waals surface area (Å²) in [7, 11) is 0. The molecule has 1 heterocycles. The number of rotatable bonds is 3. The first-order chi connectivity index (χ1) is 5.53. The minimum Gasteiger partial charge on any atom is -0.348 e. The maximum absolute atomic E-state index is 5.64. The summed E-state index contributed by atoms with van der Waals surface area (Å²) < 4.78 is 11.1. The highest BCUT2D eigenvalue weighted by atomic mass is 16.7. The molecule has 1 fully saturated rings. The Hall–Kier alpha value is -0.120. The van der Waals surface area contributed by atoms with Crippen LogP contribution in [0.2, 0.25) is 0 Å². The van der Waals surface area contributed by atoms with Crippen LogP contribution in [0.3, 0.4) is 0 Å². The molecule has 0 saturated carbocycles. The van der Waals surface area contributed by atoms with Crippen LogP contribution in [-0.2, 0) is 9.47 Å². The molecule has 1 aliphatic rings. The van der Waals surface area contributed by atoms with Crippen molar-refractivity contribution in [3.63, 3.8) is 0 Å². The Morgan fingerprint density at radius 1 is 1.58 bits per heavy atom. The van der Waals surface area contributed by atoms with E-state index in [1.54, 1.807) is 0 Å². The molecule has 0 radical (unpaired) electrons. The summed E-state index contributed by atoms with van der Waals surface area (Å²) in [5.74, 6) is 0.131. The number of hydrogen-bond acceptors (Lipinski definition) is 3. The predicted octanol–water partition coefficient (Wildman–Crippen LogP) is 1.12. The third-order valence-corrected chi connectivity index (χ3v) is 2.13. The average molecular weight is 173 g/mol. The molecule has 0 spiro atoms. The zero-order valence-electron chi connectivity index (χ0n) is 8.17. The Balaban J connectivity index is 2.28. The Kier molecular flexibility index (Phi) is 3.09. The lowest BCUT2D eigenvalue weighted by Gasteiger charge is -2.18. The normalized spacial score (nSPS) is 30.5. The summed E-state index contributed by atoms with van der Waals surface area (Å²) in [6, 6.07) is 0. The zero-order valence-corrected chi connectivity index (χ0v) is 8.17. The largest absolute Gasteiger partial charge is 0.348 e. The molecule has 2 atom stereocenters. The monoisotopic (exact) mass is 173 g/mol. The molecule has 0 aromatic heterocycles. The molecule has 2 unspecified atom stereocenters. The SMILES string of the molecule is CC(CN)CC1COC(C)(C)O1. The summed E-state index contributed by atoms with van der Waals surface area (Å²) >= 11 is 0. The van der Waals surface area contributed by atoms with Gasteiger partial charge in [0.05, 0.1) is 12.7 Å². The molecule has 3 nitrogen and oxygen atoms in total. The van der Waals surface area contributed by atoms with Crippen molar-refractivity contribution in [2.75, 3.05) is 13.2 Å². The highest BCUT2D eigenvalue weighted by molar-refractivity contribution is 4.72. The van der Waals surface area contributed by atoms with E-state index in [1.165, 1.54) is 0 Å². The highest BCUT2D eigenvalue weighted by Gasteiger charge is 2.32. The van der Waals surface area contributed by atoms with Gasteiger partial charge in [-0.25, -0.2) is 0 Å². The lowest BCUT2D eigenvalue weighted by Crippen LogP contribution is -2.24. The van der Waals surface area contributed by atoms with Gasteiger partial charge in [0.25, 0.3) is 0 Å². The first kappa shape index (κ1) is 9.96. The van der Waals surface area contributed by atoms with Gasteiger partial charge in [-0.1, -0.05) is 6.92 Å². The molecule has 0 aromatic rings. The number of hydrogen-bond donors (Lipinski definition) is 1. The summed E-state index contributed by atoms with van der Waals surface area (Å²) in [6.45, 7) is 7.45. The minimum atomic E-state index is -0.390. The van der Waals surface area contributed by atoms with Crippen LogP contribution in [0.1, 0.15) is 27.2 Å². The van der Waals surface area contributed by atoms with Crippen LogP contribution in [0.4, 0.5) is 0 Å². The van der Waals surface area contributed by atoms with Crippen LogP contribution < -0.4 is 5.73 Å². The lowest BCUT2D eigenvalue weighted by atomic mass is 10.0. The molecule has 1 saturated heterocycles. The molecule has 12 heavy (non-hydrogen) atoms. The van der Waals surface area contributed by atoms with Crippen molar-refractivity contribution < 1.29 is 9.47 Å². The molecular formula is C9H19NO2. The van der Waals surface area contributed by atoms with Crippen molar-refractivity contribution in [1.82, 2.24) is 0 Å². The van der Waals surface area contributed by atoms with Crippen molar-refractivity contribution in [2.45, 2.75) is 39.1 Å².